The van der Waals surface area contributed by atoms with Gasteiger partial charge in [0.25, 0.3) is 0 Å². The van der Waals surface area contributed by atoms with E-state index >= 15 is 0 Å². The van der Waals surface area contributed by atoms with Crippen LogP contribution in [0.4, 0.5) is 13.2 Å². The number of ether oxygens (including phenoxy) is 1. The number of benzene rings is 1. The molecule has 0 unspecified atom stereocenters. The molecule has 18 heavy (non-hydrogen) atoms. The van der Waals surface area contributed by atoms with Gasteiger partial charge in [-0.15, -0.1) is 0 Å². The summed E-state index contributed by atoms with van der Waals surface area (Å²) >= 11 is 0. The summed E-state index contributed by atoms with van der Waals surface area (Å²) in [5, 5.41) is 8.73. The van der Waals surface area contributed by atoms with Gasteiger partial charge in [0.1, 0.15) is 17.1 Å². The van der Waals surface area contributed by atoms with Gasteiger partial charge in [0.2, 0.25) is 0 Å². The molecule has 0 fully saturated rings. The minimum absolute atomic E-state index is 0.348. The third-order valence-electron chi connectivity index (χ3n) is 2.40. The zero-order valence-corrected chi connectivity index (χ0v) is 9.16. The van der Waals surface area contributed by atoms with Crippen molar-refractivity contribution >= 4 is 0 Å². The fourth-order valence-corrected chi connectivity index (χ4v) is 1.64. The number of hydrogen-bond donors (Lipinski definition) is 0. The second kappa shape index (κ2) is 4.57. The number of hydrogen-bond acceptors (Lipinski definition) is 2. The van der Waals surface area contributed by atoms with Crippen LogP contribution in [0.5, 0.6) is 5.75 Å². The molecule has 0 atom stereocenters. The zero-order chi connectivity index (χ0) is 13.2. The Morgan fingerprint density at radius 1 is 1.28 bits per heavy atom. The van der Waals surface area contributed by atoms with Crippen molar-refractivity contribution in [2.45, 2.75) is 12.6 Å². The second-order valence-corrected chi connectivity index (χ2v) is 3.63. The summed E-state index contributed by atoms with van der Waals surface area (Å²) in [5.41, 5.74) is -1.48. The zero-order valence-electron chi connectivity index (χ0n) is 9.16. The summed E-state index contributed by atoms with van der Waals surface area (Å²) in [6, 6.07) is 5.22. The highest BCUT2D eigenvalue weighted by molar-refractivity contribution is 5.49. The van der Waals surface area contributed by atoms with E-state index in [4.69, 9.17) is 10.00 Å². The fourth-order valence-electron chi connectivity index (χ4n) is 1.64. The molecular weight excluding hydrogens is 243 g/mol. The highest BCUT2D eigenvalue weighted by Gasteiger charge is 2.37. The average molecular weight is 251 g/mol. The Kier molecular flexibility index (Phi) is 3.11. The van der Waals surface area contributed by atoms with Crippen molar-refractivity contribution in [2.24, 2.45) is 0 Å². The van der Waals surface area contributed by atoms with Crippen molar-refractivity contribution in [1.82, 2.24) is 0 Å². The third-order valence-corrected chi connectivity index (χ3v) is 2.40. The quantitative estimate of drug-likeness (QED) is 0.800. The summed E-state index contributed by atoms with van der Waals surface area (Å²) in [6.45, 7) is 0. The van der Waals surface area contributed by atoms with Crippen LogP contribution < -0.4 is 4.74 Å². The van der Waals surface area contributed by atoms with Crippen LogP contribution in [-0.4, -0.2) is 0 Å². The molecule has 0 saturated carbocycles. The monoisotopic (exact) mass is 251 g/mol. The van der Waals surface area contributed by atoms with E-state index in [1.807, 2.05) is 0 Å². The standard InChI is InChI=1S/C13H8F3NO/c14-13(15,16)12-9(8-17)4-3-7-11(12)18-10-5-1-2-6-10/h1,3-7H,2H2. The molecule has 92 valence electrons. The molecule has 1 aliphatic carbocycles. The lowest BCUT2D eigenvalue weighted by Gasteiger charge is -2.14. The summed E-state index contributed by atoms with van der Waals surface area (Å²) in [4.78, 5) is 0. The van der Waals surface area contributed by atoms with Gasteiger partial charge in [0, 0.05) is 0 Å². The van der Waals surface area contributed by atoms with Crippen molar-refractivity contribution in [3.63, 3.8) is 0 Å². The van der Waals surface area contributed by atoms with Gasteiger partial charge < -0.3 is 4.74 Å². The second-order valence-electron chi connectivity index (χ2n) is 3.63. The number of allylic oxidation sites excluding steroid dienone is 3. The number of alkyl halides is 3. The van der Waals surface area contributed by atoms with Crippen molar-refractivity contribution in [3.05, 3.63) is 53.3 Å². The molecule has 1 aliphatic rings. The molecule has 1 aromatic carbocycles. The number of nitriles is 1. The molecule has 0 spiro atoms. The first kappa shape index (κ1) is 12.2. The number of halogens is 3. The van der Waals surface area contributed by atoms with Gasteiger partial charge in [-0.25, -0.2) is 0 Å². The Balaban J connectivity index is 2.47. The van der Waals surface area contributed by atoms with E-state index in [1.165, 1.54) is 18.2 Å². The van der Waals surface area contributed by atoms with Crippen LogP contribution >= 0.6 is 0 Å². The highest BCUT2D eigenvalue weighted by atomic mass is 19.4. The molecule has 0 saturated heterocycles. The molecule has 1 aromatic rings. The molecule has 0 heterocycles. The maximum absolute atomic E-state index is 12.9. The Morgan fingerprint density at radius 3 is 2.61 bits per heavy atom. The fraction of sp³-hybridized carbons (Fsp3) is 0.154. The minimum atomic E-state index is -4.62. The van der Waals surface area contributed by atoms with E-state index in [-0.39, 0.29) is 5.75 Å². The van der Waals surface area contributed by atoms with Crippen LogP contribution in [-0.2, 0) is 6.18 Å². The molecule has 2 rings (SSSR count). The van der Waals surface area contributed by atoms with E-state index in [2.05, 4.69) is 0 Å². The summed E-state index contributed by atoms with van der Waals surface area (Å²) in [6.07, 6.45) is 1.05. The van der Waals surface area contributed by atoms with Crippen molar-refractivity contribution in [3.8, 4) is 11.8 Å². The predicted octanol–water partition coefficient (Wildman–Crippen LogP) is 3.80. The van der Waals surface area contributed by atoms with Crippen LogP contribution in [0.25, 0.3) is 0 Å². The summed E-state index contributed by atoms with van der Waals surface area (Å²) in [5.74, 6) is 0.00920. The normalized spacial score (nSPS) is 14.2. The molecular formula is C13H8F3NO. The Hall–Kier alpha value is -2.22. The molecule has 0 amide bonds. The molecule has 5 heteroatoms. The first-order valence-corrected chi connectivity index (χ1v) is 5.17. The highest BCUT2D eigenvalue weighted by Crippen LogP contribution is 2.39. The minimum Gasteiger partial charge on any atom is -0.457 e. The molecule has 0 N–H and O–H groups in total. The van der Waals surface area contributed by atoms with Crippen LogP contribution in [0.1, 0.15) is 17.5 Å². The Labute approximate surface area is 102 Å². The topological polar surface area (TPSA) is 33.0 Å². The van der Waals surface area contributed by atoms with Crippen LogP contribution in [0, 0.1) is 11.3 Å². The van der Waals surface area contributed by atoms with E-state index in [9.17, 15) is 13.2 Å². The summed E-state index contributed by atoms with van der Waals surface area (Å²) < 4.78 is 43.9. The van der Waals surface area contributed by atoms with Gasteiger partial charge in [-0.05, 0) is 30.7 Å². The van der Waals surface area contributed by atoms with E-state index in [0.717, 1.165) is 6.07 Å². The largest absolute Gasteiger partial charge is 0.457 e. The van der Waals surface area contributed by atoms with Gasteiger partial charge in [-0.1, -0.05) is 12.1 Å². The predicted molar refractivity (Wildman–Crippen MR) is 58.6 cm³/mol. The molecule has 0 aromatic heterocycles. The maximum atomic E-state index is 12.9. The van der Waals surface area contributed by atoms with E-state index in [1.54, 1.807) is 18.2 Å². The lowest BCUT2D eigenvalue weighted by atomic mass is 10.1. The van der Waals surface area contributed by atoms with Crippen molar-refractivity contribution in [1.29, 1.82) is 5.26 Å². The average Bonchev–Trinajstić information content (AvgIpc) is 2.80. The Bertz CT molecular complexity index is 565. The van der Waals surface area contributed by atoms with Gasteiger partial charge in [-0.3, -0.25) is 0 Å². The van der Waals surface area contributed by atoms with E-state index in [0.29, 0.717) is 12.2 Å². The van der Waals surface area contributed by atoms with Gasteiger partial charge in [0.05, 0.1) is 11.6 Å². The van der Waals surface area contributed by atoms with Crippen LogP contribution in [0.3, 0.4) is 0 Å². The van der Waals surface area contributed by atoms with Crippen molar-refractivity contribution < 1.29 is 17.9 Å². The third kappa shape index (κ3) is 2.38. The smallest absolute Gasteiger partial charge is 0.421 e. The number of rotatable bonds is 2. The first-order valence-electron chi connectivity index (χ1n) is 5.17. The molecule has 0 radical (unpaired) electrons. The summed E-state index contributed by atoms with van der Waals surface area (Å²) in [7, 11) is 0. The lowest BCUT2D eigenvalue weighted by Crippen LogP contribution is -2.10. The van der Waals surface area contributed by atoms with E-state index < -0.39 is 17.3 Å². The van der Waals surface area contributed by atoms with Gasteiger partial charge in [-0.2, -0.15) is 18.4 Å². The molecule has 2 nitrogen and oxygen atoms in total. The lowest BCUT2D eigenvalue weighted by molar-refractivity contribution is -0.138. The molecule has 0 aliphatic heterocycles. The van der Waals surface area contributed by atoms with Crippen LogP contribution in [0.2, 0.25) is 0 Å². The van der Waals surface area contributed by atoms with Crippen molar-refractivity contribution in [2.75, 3.05) is 0 Å². The van der Waals surface area contributed by atoms with Crippen LogP contribution in [0.15, 0.2) is 42.2 Å². The first-order chi connectivity index (χ1) is 8.52. The maximum Gasteiger partial charge on any atom is 0.421 e. The van der Waals surface area contributed by atoms with Gasteiger partial charge in [0.15, 0.2) is 0 Å². The van der Waals surface area contributed by atoms with Gasteiger partial charge >= 0.3 is 6.18 Å². The Morgan fingerprint density at radius 2 is 2.06 bits per heavy atom. The molecule has 0 bridgehead atoms. The SMILES string of the molecule is N#Cc1cccc(OC2=CCC=C2)c1C(F)(F)F. The number of nitrogens with zero attached hydrogens (tertiary/aromatic N) is 1.